The summed E-state index contributed by atoms with van der Waals surface area (Å²) < 4.78 is 25.0. The molecule has 1 aromatic heterocycles. The fraction of sp³-hybridized carbons (Fsp3) is 0.500. The molecule has 1 aliphatic heterocycles. The quantitative estimate of drug-likeness (QED) is 0.620. The van der Waals surface area contributed by atoms with Crippen LogP contribution < -0.4 is 0 Å². The summed E-state index contributed by atoms with van der Waals surface area (Å²) >= 11 is 0. The Kier molecular flexibility index (Phi) is 2.89. The minimum Gasteiger partial charge on any atom is -0.478 e. The number of aromatic carboxylic acids is 1. The van der Waals surface area contributed by atoms with Gasteiger partial charge in [0.1, 0.15) is 5.56 Å². The topological polar surface area (TPSA) is 124 Å². The maximum Gasteiger partial charge on any atom is 0.340 e. The van der Waals surface area contributed by atoms with Crippen molar-refractivity contribution in [1.82, 2.24) is 14.5 Å². The van der Waals surface area contributed by atoms with Crippen molar-refractivity contribution in [3.8, 4) is 0 Å². The van der Waals surface area contributed by atoms with E-state index >= 15 is 0 Å². The zero-order valence-electron chi connectivity index (χ0n) is 8.70. The molecule has 8 nitrogen and oxygen atoms in total. The molecule has 2 rings (SSSR count). The molecule has 3 N–H and O–H groups in total. The van der Waals surface area contributed by atoms with E-state index in [9.17, 15) is 13.2 Å². The minimum atomic E-state index is -3.85. The van der Waals surface area contributed by atoms with E-state index < -0.39 is 21.0 Å². The number of hydrogen-bond acceptors (Lipinski definition) is 5. The van der Waals surface area contributed by atoms with Gasteiger partial charge in [-0.25, -0.2) is 13.2 Å². The lowest BCUT2D eigenvalue weighted by atomic mass is 10.1. The molecular weight excluding hydrogens is 250 g/mol. The van der Waals surface area contributed by atoms with Gasteiger partial charge in [0.05, 0.1) is 6.20 Å². The van der Waals surface area contributed by atoms with Crippen molar-refractivity contribution in [3.63, 3.8) is 0 Å². The molecule has 0 unspecified atom stereocenters. The van der Waals surface area contributed by atoms with Crippen molar-refractivity contribution < 1.29 is 23.4 Å². The number of carboxylic acid groups (broad SMARTS) is 1. The number of nitrogens with zero attached hydrogens (tertiary/aromatic N) is 2. The number of rotatable bonds is 4. The van der Waals surface area contributed by atoms with Crippen LogP contribution in [0.1, 0.15) is 10.4 Å². The molecule has 1 aromatic rings. The SMILES string of the molecule is O=C(O)c1cn[nH]c1S(=O)(=O)N1CC(CO)C1. The molecule has 0 radical (unpaired) electrons. The van der Waals surface area contributed by atoms with Crippen LogP contribution in [0.25, 0.3) is 0 Å². The predicted octanol–water partition coefficient (Wildman–Crippen LogP) is -1.28. The molecule has 0 aromatic carbocycles. The second-order valence-electron chi connectivity index (χ2n) is 3.79. The molecule has 94 valence electrons. The number of carbonyl (C=O) groups is 1. The van der Waals surface area contributed by atoms with Gasteiger partial charge in [0.25, 0.3) is 10.0 Å². The van der Waals surface area contributed by atoms with E-state index in [1.54, 1.807) is 0 Å². The lowest BCUT2D eigenvalue weighted by Gasteiger charge is -2.36. The Balaban J connectivity index is 2.27. The number of aromatic nitrogens is 2. The Labute approximate surface area is 96.9 Å². The summed E-state index contributed by atoms with van der Waals surface area (Å²) in [4.78, 5) is 10.8. The van der Waals surface area contributed by atoms with Gasteiger partial charge < -0.3 is 10.2 Å². The van der Waals surface area contributed by atoms with E-state index in [0.29, 0.717) is 0 Å². The molecule has 0 atom stereocenters. The average molecular weight is 261 g/mol. The highest BCUT2D eigenvalue weighted by Gasteiger charge is 2.39. The summed E-state index contributed by atoms with van der Waals surface area (Å²) in [6.45, 7) is 0.300. The van der Waals surface area contributed by atoms with Crippen LogP contribution in [0, 0.1) is 5.92 Å². The van der Waals surface area contributed by atoms with Crippen molar-refractivity contribution in [3.05, 3.63) is 11.8 Å². The summed E-state index contributed by atoms with van der Waals surface area (Å²) in [5.41, 5.74) is -0.377. The van der Waals surface area contributed by atoms with Crippen molar-refractivity contribution in [1.29, 1.82) is 0 Å². The van der Waals surface area contributed by atoms with E-state index in [-0.39, 0.29) is 31.2 Å². The van der Waals surface area contributed by atoms with Crippen molar-refractivity contribution in [2.75, 3.05) is 19.7 Å². The molecule has 0 bridgehead atoms. The van der Waals surface area contributed by atoms with Crippen LogP contribution in [0.5, 0.6) is 0 Å². The monoisotopic (exact) mass is 261 g/mol. The van der Waals surface area contributed by atoms with Gasteiger partial charge in [-0.2, -0.15) is 9.40 Å². The van der Waals surface area contributed by atoms with Gasteiger partial charge in [-0.05, 0) is 0 Å². The summed E-state index contributed by atoms with van der Waals surface area (Å²) in [6, 6.07) is 0. The summed E-state index contributed by atoms with van der Waals surface area (Å²) in [5, 5.41) is 22.8. The lowest BCUT2D eigenvalue weighted by Crippen LogP contribution is -2.51. The Morgan fingerprint density at radius 1 is 1.59 bits per heavy atom. The van der Waals surface area contributed by atoms with Gasteiger partial charge in [-0.3, -0.25) is 5.10 Å². The number of sulfonamides is 1. The van der Waals surface area contributed by atoms with Gasteiger partial charge in [-0.1, -0.05) is 0 Å². The van der Waals surface area contributed by atoms with Crippen molar-refractivity contribution in [2.24, 2.45) is 5.92 Å². The summed E-state index contributed by atoms with van der Waals surface area (Å²) in [5.74, 6) is -1.43. The number of hydrogen-bond donors (Lipinski definition) is 3. The number of carboxylic acids is 1. The third-order valence-electron chi connectivity index (χ3n) is 2.61. The molecule has 0 spiro atoms. The maximum atomic E-state index is 12.0. The van der Waals surface area contributed by atoms with Crippen LogP contribution in [-0.2, 0) is 10.0 Å². The average Bonchev–Trinajstić information content (AvgIpc) is 2.64. The lowest BCUT2D eigenvalue weighted by molar-refractivity contribution is 0.0691. The van der Waals surface area contributed by atoms with Crippen LogP contribution in [0.2, 0.25) is 0 Å². The van der Waals surface area contributed by atoms with Crippen LogP contribution in [0.4, 0.5) is 0 Å². The summed E-state index contributed by atoms with van der Waals surface area (Å²) in [7, 11) is -3.85. The molecule has 1 fully saturated rings. The van der Waals surface area contributed by atoms with Gasteiger partial charge >= 0.3 is 5.97 Å². The van der Waals surface area contributed by atoms with E-state index in [4.69, 9.17) is 10.2 Å². The Morgan fingerprint density at radius 2 is 2.24 bits per heavy atom. The second-order valence-corrected chi connectivity index (χ2v) is 5.66. The first-order valence-electron chi connectivity index (χ1n) is 4.84. The zero-order chi connectivity index (χ0) is 12.6. The Bertz CT molecular complexity index is 531. The molecule has 1 aliphatic rings. The minimum absolute atomic E-state index is 0.0824. The van der Waals surface area contributed by atoms with Gasteiger partial charge in [0, 0.05) is 25.6 Å². The molecule has 2 heterocycles. The number of aliphatic hydroxyl groups is 1. The molecule has 0 amide bonds. The van der Waals surface area contributed by atoms with E-state index in [2.05, 4.69) is 10.2 Å². The smallest absolute Gasteiger partial charge is 0.340 e. The van der Waals surface area contributed by atoms with Crippen molar-refractivity contribution in [2.45, 2.75) is 5.03 Å². The largest absolute Gasteiger partial charge is 0.478 e. The fourth-order valence-electron chi connectivity index (χ4n) is 1.59. The number of H-pyrrole nitrogens is 1. The predicted molar refractivity (Wildman–Crippen MR) is 54.9 cm³/mol. The molecule has 1 saturated heterocycles. The van der Waals surface area contributed by atoms with E-state index in [1.165, 1.54) is 0 Å². The highest BCUT2D eigenvalue weighted by molar-refractivity contribution is 7.89. The number of aromatic amines is 1. The number of aliphatic hydroxyl groups excluding tert-OH is 1. The Morgan fingerprint density at radius 3 is 2.76 bits per heavy atom. The molecule has 17 heavy (non-hydrogen) atoms. The van der Waals surface area contributed by atoms with Crippen LogP contribution >= 0.6 is 0 Å². The second kappa shape index (κ2) is 4.09. The third-order valence-corrected chi connectivity index (χ3v) is 4.42. The van der Waals surface area contributed by atoms with Crippen LogP contribution in [0.3, 0.4) is 0 Å². The molecule has 0 saturated carbocycles. The van der Waals surface area contributed by atoms with Gasteiger partial charge in [0.2, 0.25) is 0 Å². The first-order chi connectivity index (χ1) is 7.96. The van der Waals surface area contributed by atoms with Gasteiger partial charge in [0.15, 0.2) is 5.03 Å². The first-order valence-corrected chi connectivity index (χ1v) is 6.28. The zero-order valence-corrected chi connectivity index (χ0v) is 9.51. The standard InChI is InChI=1S/C8H11N3O5S/c12-4-5-2-11(3-5)17(15,16)7-6(8(13)14)1-9-10-7/h1,5,12H,2-4H2,(H,9,10)(H,13,14). The highest BCUT2D eigenvalue weighted by Crippen LogP contribution is 2.25. The van der Waals surface area contributed by atoms with E-state index in [0.717, 1.165) is 10.5 Å². The Hall–Kier alpha value is -1.45. The maximum absolute atomic E-state index is 12.0. The third kappa shape index (κ3) is 1.92. The van der Waals surface area contributed by atoms with Crippen molar-refractivity contribution >= 4 is 16.0 Å². The molecule has 0 aliphatic carbocycles. The number of nitrogens with one attached hydrogen (secondary N) is 1. The molecule has 9 heteroatoms. The summed E-state index contributed by atoms with van der Waals surface area (Å²) in [6.07, 6.45) is 0.957. The van der Waals surface area contributed by atoms with E-state index in [1.807, 2.05) is 0 Å². The first kappa shape index (κ1) is 12.0. The fourth-order valence-corrected chi connectivity index (χ4v) is 3.24. The van der Waals surface area contributed by atoms with Crippen LogP contribution in [-0.4, -0.2) is 58.8 Å². The van der Waals surface area contributed by atoms with Crippen LogP contribution in [0.15, 0.2) is 11.2 Å². The normalized spacial score (nSPS) is 17.9. The molecular formula is C8H11N3O5S. The highest BCUT2D eigenvalue weighted by atomic mass is 32.2. The van der Waals surface area contributed by atoms with Gasteiger partial charge in [-0.15, -0.1) is 0 Å².